The summed E-state index contributed by atoms with van der Waals surface area (Å²) in [6.07, 6.45) is 0. The fourth-order valence-corrected chi connectivity index (χ4v) is 7.82. The van der Waals surface area contributed by atoms with Crippen LogP contribution in [0.15, 0.2) is 105 Å². The quantitative estimate of drug-likeness (QED) is 0.437. The standard InChI is InChI=1S/C22H16NO3P/c24-19-20(22(26)23-21(19)25)27(16-10-4-1-5-11-16,17-12-6-2-7-13-17)18-14-8-3-9-15-18/h1-15H,(H,23,25,26). The van der Waals surface area contributed by atoms with Gasteiger partial charge in [0.25, 0.3) is 16.5 Å². The number of hydrogen-bond donors (Lipinski definition) is 1. The van der Waals surface area contributed by atoms with E-state index in [2.05, 4.69) is 4.98 Å². The average molecular weight is 373 g/mol. The van der Waals surface area contributed by atoms with Crippen molar-refractivity contribution in [2.45, 2.75) is 0 Å². The van der Waals surface area contributed by atoms with Crippen molar-refractivity contribution in [3.8, 4) is 0 Å². The maximum Gasteiger partial charge on any atom is 0.299 e. The number of aromatic nitrogens is 1. The lowest BCUT2D eigenvalue weighted by atomic mass is 10.4. The Morgan fingerprint density at radius 3 is 1.19 bits per heavy atom. The van der Waals surface area contributed by atoms with Crippen molar-refractivity contribution in [2.75, 3.05) is 0 Å². The molecule has 27 heavy (non-hydrogen) atoms. The Morgan fingerprint density at radius 1 is 0.519 bits per heavy atom. The largest absolute Gasteiger partial charge is 0.299 e. The molecule has 0 aliphatic heterocycles. The van der Waals surface area contributed by atoms with Crippen LogP contribution >= 0.6 is 6.89 Å². The summed E-state index contributed by atoms with van der Waals surface area (Å²) < 4.78 is 0. The van der Waals surface area contributed by atoms with Crippen LogP contribution in [-0.2, 0) is 0 Å². The van der Waals surface area contributed by atoms with Gasteiger partial charge in [-0.05, 0) is 22.8 Å². The van der Waals surface area contributed by atoms with E-state index in [9.17, 15) is 14.4 Å². The van der Waals surface area contributed by atoms with Crippen molar-refractivity contribution in [2.24, 2.45) is 0 Å². The fraction of sp³-hybridized carbons (Fsp3) is 0. The van der Waals surface area contributed by atoms with Gasteiger partial charge in [-0.2, -0.15) is 0 Å². The van der Waals surface area contributed by atoms with Crippen LogP contribution in [-0.4, -0.2) is 4.98 Å². The van der Waals surface area contributed by atoms with Crippen LogP contribution in [0, 0.1) is 4.94 Å². The summed E-state index contributed by atoms with van der Waals surface area (Å²) in [6, 6.07) is 28.5. The molecule has 4 rings (SSSR count). The lowest BCUT2D eigenvalue weighted by Gasteiger charge is -2.27. The first kappa shape index (κ1) is 17.2. The summed E-state index contributed by atoms with van der Waals surface area (Å²) in [5, 5.41) is 2.57. The van der Waals surface area contributed by atoms with Crippen LogP contribution < -0.4 is 32.5 Å². The Balaban J connectivity index is 2.44. The SMILES string of the molecule is O=c1[nH]c(=O)c(=P(c2ccccc2)(c2ccccc2)c2ccccc2)c1=O. The average Bonchev–Trinajstić information content (AvgIpc) is 2.98. The molecule has 3 aromatic carbocycles. The van der Waals surface area contributed by atoms with Gasteiger partial charge in [0.2, 0.25) is 0 Å². The lowest BCUT2D eigenvalue weighted by Crippen LogP contribution is -2.30. The number of rotatable bonds is 3. The molecule has 0 fully saturated rings. The van der Waals surface area contributed by atoms with Crippen LogP contribution in [0.4, 0.5) is 0 Å². The highest BCUT2D eigenvalue weighted by molar-refractivity contribution is 7.89. The predicted molar refractivity (Wildman–Crippen MR) is 110 cm³/mol. The van der Waals surface area contributed by atoms with E-state index in [0.717, 1.165) is 15.9 Å². The number of hydrogen-bond acceptors (Lipinski definition) is 3. The van der Waals surface area contributed by atoms with E-state index >= 15 is 0 Å². The molecule has 0 atom stereocenters. The molecule has 132 valence electrons. The highest BCUT2D eigenvalue weighted by Gasteiger charge is 2.29. The normalized spacial score (nSPS) is 11.4. The summed E-state index contributed by atoms with van der Waals surface area (Å²) in [4.78, 5) is 39.9. The zero-order valence-electron chi connectivity index (χ0n) is 14.3. The van der Waals surface area contributed by atoms with E-state index in [-0.39, 0.29) is 4.94 Å². The maximum atomic E-state index is 12.8. The zero-order chi connectivity index (χ0) is 18.9. The zero-order valence-corrected chi connectivity index (χ0v) is 15.2. The van der Waals surface area contributed by atoms with Crippen LogP contribution in [0.1, 0.15) is 0 Å². The molecule has 4 nitrogen and oxygen atoms in total. The Bertz CT molecular complexity index is 1210. The first-order valence-electron chi connectivity index (χ1n) is 8.49. The van der Waals surface area contributed by atoms with Gasteiger partial charge < -0.3 is 0 Å². The maximum absolute atomic E-state index is 12.8. The molecule has 0 radical (unpaired) electrons. The van der Waals surface area contributed by atoms with Crippen molar-refractivity contribution in [3.63, 3.8) is 0 Å². The molecule has 0 saturated carbocycles. The minimum atomic E-state index is -2.82. The molecule has 0 spiro atoms. The smallest absolute Gasteiger partial charge is 0.285 e. The second-order valence-corrected chi connectivity index (χ2v) is 9.48. The number of aromatic amines is 1. The Kier molecular flexibility index (Phi) is 4.35. The number of benzene rings is 3. The molecule has 0 amide bonds. The number of nitrogens with one attached hydrogen (secondary N) is 1. The molecule has 5 heteroatoms. The Labute approximate surface area is 155 Å². The minimum absolute atomic E-state index is 0.0381. The third kappa shape index (κ3) is 2.66. The van der Waals surface area contributed by atoms with Crippen LogP contribution in [0.3, 0.4) is 0 Å². The van der Waals surface area contributed by atoms with Gasteiger partial charge in [0.1, 0.15) is 4.94 Å². The van der Waals surface area contributed by atoms with Crippen molar-refractivity contribution in [1.29, 1.82) is 0 Å². The van der Waals surface area contributed by atoms with Gasteiger partial charge in [-0.15, -0.1) is 0 Å². The third-order valence-corrected chi connectivity index (χ3v) is 8.92. The summed E-state index contributed by atoms with van der Waals surface area (Å²) in [7, 11) is 0. The molecule has 4 aromatic rings. The lowest BCUT2D eigenvalue weighted by molar-refractivity contribution is 1.23. The molecule has 0 bridgehead atoms. The molecule has 0 saturated heterocycles. The first-order chi connectivity index (χ1) is 13.2. The predicted octanol–water partition coefficient (Wildman–Crippen LogP) is 1.50. The van der Waals surface area contributed by atoms with Gasteiger partial charge in [-0.1, -0.05) is 91.0 Å². The molecular weight excluding hydrogens is 357 g/mol. The number of H-pyrrole nitrogens is 1. The molecule has 0 aliphatic carbocycles. The van der Waals surface area contributed by atoms with Crippen molar-refractivity contribution in [1.82, 2.24) is 4.98 Å². The molecule has 1 aromatic heterocycles. The van der Waals surface area contributed by atoms with Crippen LogP contribution in [0.25, 0.3) is 0 Å². The van der Waals surface area contributed by atoms with Crippen LogP contribution in [0.5, 0.6) is 0 Å². The van der Waals surface area contributed by atoms with Gasteiger partial charge in [-0.25, -0.2) is 0 Å². The highest BCUT2D eigenvalue weighted by Crippen LogP contribution is 2.45. The summed E-state index contributed by atoms with van der Waals surface area (Å²) in [6.45, 7) is -2.82. The highest BCUT2D eigenvalue weighted by atomic mass is 31.2. The summed E-state index contributed by atoms with van der Waals surface area (Å²) in [5.41, 5.74) is -2.21. The van der Waals surface area contributed by atoms with E-state index < -0.39 is 23.4 Å². The fourth-order valence-electron chi connectivity index (χ4n) is 3.52. The summed E-state index contributed by atoms with van der Waals surface area (Å²) >= 11 is 0. The van der Waals surface area contributed by atoms with Gasteiger partial charge in [0.05, 0.1) is 0 Å². The molecule has 0 aliphatic rings. The summed E-state index contributed by atoms with van der Waals surface area (Å²) in [5.74, 6) is 0. The van der Waals surface area contributed by atoms with Gasteiger partial charge in [-0.3, -0.25) is 19.4 Å². The molecular formula is C22H16NO3P. The van der Waals surface area contributed by atoms with Crippen molar-refractivity contribution < 1.29 is 0 Å². The van der Waals surface area contributed by atoms with E-state index in [0.29, 0.717) is 0 Å². The molecule has 0 unspecified atom stereocenters. The van der Waals surface area contributed by atoms with E-state index in [1.807, 2.05) is 91.0 Å². The topological polar surface area (TPSA) is 67.0 Å². The van der Waals surface area contributed by atoms with Crippen molar-refractivity contribution >= 4 is 22.8 Å². The molecule has 1 N–H and O–H groups in total. The van der Waals surface area contributed by atoms with E-state index in [4.69, 9.17) is 0 Å². The van der Waals surface area contributed by atoms with E-state index in [1.54, 1.807) is 0 Å². The minimum Gasteiger partial charge on any atom is -0.285 e. The monoisotopic (exact) mass is 373 g/mol. The second kappa shape index (κ2) is 6.82. The Morgan fingerprint density at radius 2 is 0.889 bits per heavy atom. The van der Waals surface area contributed by atoms with Crippen LogP contribution in [0.2, 0.25) is 0 Å². The van der Waals surface area contributed by atoms with Gasteiger partial charge in [0, 0.05) is 0 Å². The van der Waals surface area contributed by atoms with Gasteiger partial charge in [0.15, 0.2) is 0 Å². The van der Waals surface area contributed by atoms with Crippen molar-refractivity contribution in [3.05, 3.63) is 127 Å². The van der Waals surface area contributed by atoms with Gasteiger partial charge >= 0.3 is 0 Å². The van der Waals surface area contributed by atoms with E-state index in [1.165, 1.54) is 0 Å². The Hall–Kier alpha value is -3.23. The third-order valence-electron chi connectivity index (χ3n) is 4.63. The second-order valence-electron chi connectivity index (χ2n) is 6.14. The first-order valence-corrected chi connectivity index (χ1v) is 10.3. The molecule has 1 heterocycles.